The average molecular weight is 488 g/mol. The number of benzene rings is 1. The maximum absolute atomic E-state index is 6.26. The minimum absolute atomic E-state index is 0.197. The van der Waals surface area contributed by atoms with Gasteiger partial charge in [0.25, 0.3) is 0 Å². The van der Waals surface area contributed by atoms with Crippen LogP contribution < -0.4 is 10.2 Å². The molecule has 4 aromatic rings. The molecular formula is C28H33N5OS. The van der Waals surface area contributed by atoms with Gasteiger partial charge >= 0.3 is 0 Å². The zero-order chi connectivity index (χ0) is 24.0. The summed E-state index contributed by atoms with van der Waals surface area (Å²) < 4.78 is 7.36. The van der Waals surface area contributed by atoms with Crippen molar-refractivity contribution in [2.75, 3.05) is 23.3 Å². The first kappa shape index (κ1) is 22.7. The maximum Gasteiger partial charge on any atom is 0.147 e. The Hall–Kier alpha value is -2.77. The zero-order valence-corrected chi connectivity index (χ0v) is 21.6. The molecule has 0 aliphatic carbocycles. The molecular weight excluding hydrogens is 454 g/mol. The fraction of sp³-hybridized carbons (Fsp3) is 0.464. The van der Waals surface area contributed by atoms with Crippen LogP contribution in [0, 0.1) is 0 Å². The molecule has 0 bridgehead atoms. The van der Waals surface area contributed by atoms with E-state index in [1.165, 1.54) is 34.9 Å². The summed E-state index contributed by atoms with van der Waals surface area (Å²) in [6.45, 7) is 9.36. The third-order valence-corrected chi connectivity index (χ3v) is 8.38. The number of aromatic nitrogens is 3. The summed E-state index contributed by atoms with van der Waals surface area (Å²) >= 11 is 1.72. The van der Waals surface area contributed by atoms with E-state index in [4.69, 9.17) is 14.7 Å². The molecule has 7 heteroatoms. The molecule has 0 amide bonds. The molecule has 0 saturated carbocycles. The first-order valence-electron chi connectivity index (χ1n) is 12.8. The lowest BCUT2D eigenvalue weighted by Gasteiger charge is -2.34. The van der Waals surface area contributed by atoms with Crippen molar-refractivity contribution in [2.24, 2.45) is 0 Å². The molecule has 1 saturated heterocycles. The van der Waals surface area contributed by atoms with E-state index < -0.39 is 0 Å². The summed E-state index contributed by atoms with van der Waals surface area (Å²) in [4.78, 5) is 18.2. The molecule has 1 unspecified atom stereocenters. The van der Waals surface area contributed by atoms with Crippen LogP contribution in [0.4, 0.5) is 11.6 Å². The molecule has 2 aliphatic heterocycles. The Morgan fingerprint density at radius 1 is 1.11 bits per heavy atom. The highest BCUT2D eigenvalue weighted by molar-refractivity contribution is 7.26. The van der Waals surface area contributed by atoms with Crippen LogP contribution in [0.2, 0.25) is 0 Å². The Morgan fingerprint density at radius 3 is 2.71 bits per heavy atom. The van der Waals surface area contributed by atoms with E-state index in [1.54, 1.807) is 17.7 Å². The van der Waals surface area contributed by atoms with Gasteiger partial charge in [-0.05, 0) is 57.6 Å². The molecule has 6 rings (SSSR count). The van der Waals surface area contributed by atoms with E-state index in [0.29, 0.717) is 12.6 Å². The van der Waals surface area contributed by atoms with E-state index in [2.05, 4.69) is 66.3 Å². The van der Waals surface area contributed by atoms with Crippen molar-refractivity contribution in [3.63, 3.8) is 0 Å². The van der Waals surface area contributed by atoms with E-state index >= 15 is 0 Å². The summed E-state index contributed by atoms with van der Waals surface area (Å²) in [6, 6.07) is 11.0. The van der Waals surface area contributed by atoms with E-state index in [0.717, 1.165) is 59.0 Å². The monoisotopic (exact) mass is 487 g/mol. The maximum atomic E-state index is 6.26. The highest BCUT2D eigenvalue weighted by Crippen LogP contribution is 2.44. The number of rotatable bonds is 6. The molecule has 1 fully saturated rings. The molecule has 1 aromatic carbocycles. The van der Waals surface area contributed by atoms with Crippen LogP contribution in [-0.4, -0.2) is 39.7 Å². The minimum atomic E-state index is -0.197. The topological polar surface area (TPSA) is 63.2 Å². The Morgan fingerprint density at radius 2 is 1.91 bits per heavy atom. The number of nitrogens with one attached hydrogen (secondary N) is 1. The molecule has 5 heterocycles. The van der Waals surface area contributed by atoms with E-state index in [1.807, 2.05) is 0 Å². The lowest BCUT2D eigenvalue weighted by atomic mass is 9.90. The van der Waals surface area contributed by atoms with Gasteiger partial charge in [-0.2, -0.15) is 0 Å². The summed E-state index contributed by atoms with van der Waals surface area (Å²) in [5, 5.41) is 4.87. The van der Waals surface area contributed by atoms with Gasteiger partial charge in [0.2, 0.25) is 0 Å². The van der Waals surface area contributed by atoms with Gasteiger partial charge in [-0.15, -0.1) is 11.3 Å². The number of pyridine rings is 1. The number of aryl methyl sites for hydroxylation is 1. The highest BCUT2D eigenvalue weighted by Gasteiger charge is 2.33. The molecule has 35 heavy (non-hydrogen) atoms. The fourth-order valence-electron chi connectivity index (χ4n) is 5.42. The van der Waals surface area contributed by atoms with Crippen molar-refractivity contribution < 1.29 is 4.74 Å². The van der Waals surface area contributed by atoms with Crippen LogP contribution in [0.1, 0.15) is 56.7 Å². The van der Waals surface area contributed by atoms with Gasteiger partial charge in [-0.3, -0.25) is 0 Å². The van der Waals surface area contributed by atoms with Gasteiger partial charge in [0.05, 0.1) is 22.4 Å². The predicted octanol–water partition coefficient (Wildman–Crippen LogP) is 6.12. The standard InChI is InChI=1S/C28H33N5OS/c1-18(11-12-19-9-5-4-6-10-19)31-25-24-23(29-17-30-25)22-20-15-28(2,3)34-16-21(20)26(32-27(22)35-24)33-13-7-8-14-33/h4-6,9-10,17-18H,7-8,11-16H2,1-3H3,(H,29,30,31). The van der Waals surface area contributed by atoms with Gasteiger partial charge < -0.3 is 15.0 Å². The third kappa shape index (κ3) is 4.36. The molecule has 3 aromatic heterocycles. The van der Waals surface area contributed by atoms with Crippen molar-refractivity contribution in [2.45, 2.75) is 71.1 Å². The average Bonchev–Trinajstić information content (AvgIpc) is 3.51. The second kappa shape index (κ2) is 9.03. The number of hydrogen-bond donors (Lipinski definition) is 1. The second-order valence-corrected chi connectivity index (χ2v) is 11.6. The van der Waals surface area contributed by atoms with Gasteiger partial charge in [-0.1, -0.05) is 30.3 Å². The summed E-state index contributed by atoms with van der Waals surface area (Å²) in [6.07, 6.45) is 7.11. The summed E-state index contributed by atoms with van der Waals surface area (Å²) in [5.41, 5.74) is 4.81. The van der Waals surface area contributed by atoms with Gasteiger partial charge in [0, 0.05) is 36.5 Å². The van der Waals surface area contributed by atoms with Crippen LogP contribution in [0.5, 0.6) is 0 Å². The number of ether oxygens (including phenoxy) is 1. The molecule has 1 N–H and O–H groups in total. The highest BCUT2D eigenvalue weighted by atomic mass is 32.1. The largest absolute Gasteiger partial charge is 0.370 e. The van der Waals surface area contributed by atoms with Gasteiger partial charge in [0.15, 0.2) is 0 Å². The van der Waals surface area contributed by atoms with Crippen molar-refractivity contribution >= 4 is 43.4 Å². The number of hydrogen-bond acceptors (Lipinski definition) is 7. The van der Waals surface area contributed by atoms with Crippen molar-refractivity contribution in [1.29, 1.82) is 0 Å². The molecule has 6 nitrogen and oxygen atoms in total. The van der Waals surface area contributed by atoms with Crippen LogP contribution in [0.25, 0.3) is 20.4 Å². The zero-order valence-electron chi connectivity index (χ0n) is 20.8. The van der Waals surface area contributed by atoms with Crippen molar-refractivity contribution in [1.82, 2.24) is 15.0 Å². The van der Waals surface area contributed by atoms with Crippen molar-refractivity contribution in [3.05, 3.63) is 53.3 Å². The van der Waals surface area contributed by atoms with Crippen LogP contribution >= 0.6 is 11.3 Å². The lowest BCUT2D eigenvalue weighted by Crippen LogP contribution is -2.33. The van der Waals surface area contributed by atoms with E-state index in [-0.39, 0.29) is 5.60 Å². The van der Waals surface area contributed by atoms with Gasteiger partial charge in [-0.25, -0.2) is 15.0 Å². The molecule has 182 valence electrons. The predicted molar refractivity (Wildman–Crippen MR) is 145 cm³/mol. The molecule has 2 aliphatic rings. The second-order valence-electron chi connectivity index (χ2n) is 10.6. The molecule has 1 atom stereocenters. The number of thiophene rings is 1. The van der Waals surface area contributed by atoms with Gasteiger partial charge in [0.1, 0.15) is 22.8 Å². The number of nitrogens with zero attached hydrogens (tertiary/aromatic N) is 4. The molecule has 0 spiro atoms. The van der Waals surface area contributed by atoms with Crippen LogP contribution in [-0.2, 0) is 24.2 Å². The van der Waals surface area contributed by atoms with E-state index in [9.17, 15) is 0 Å². The minimum Gasteiger partial charge on any atom is -0.370 e. The lowest BCUT2D eigenvalue weighted by molar-refractivity contribution is -0.0395. The van der Waals surface area contributed by atoms with Crippen molar-refractivity contribution in [3.8, 4) is 0 Å². The summed E-state index contributed by atoms with van der Waals surface area (Å²) in [5.74, 6) is 2.03. The third-order valence-electron chi connectivity index (χ3n) is 7.30. The Balaban J connectivity index is 1.39. The van der Waals surface area contributed by atoms with Crippen LogP contribution in [0.15, 0.2) is 36.7 Å². The first-order valence-corrected chi connectivity index (χ1v) is 13.6. The smallest absolute Gasteiger partial charge is 0.147 e. The first-order chi connectivity index (χ1) is 17.0. The molecule has 0 radical (unpaired) electrons. The fourth-order valence-corrected chi connectivity index (χ4v) is 6.52. The quantitative estimate of drug-likeness (QED) is 0.353. The Bertz CT molecular complexity index is 1360. The SMILES string of the molecule is CC(CCc1ccccc1)Nc1ncnc2c1sc1nc(N3CCCC3)c3c(c12)CC(C)(C)OC3. The number of anilines is 2. The Labute approximate surface area is 210 Å². The normalized spacial score (nSPS) is 18.2. The summed E-state index contributed by atoms with van der Waals surface area (Å²) in [7, 11) is 0. The number of fused-ring (bicyclic) bond motifs is 5. The van der Waals surface area contributed by atoms with Crippen LogP contribution in [0.3, 0.4) is 0 Å². The Kier molecular flexibility index (Phi) is 5.85.